The first-order valence-electron chi connectivity index (χ1n) is 5.08. The van der Waals surface area contributed by atoms with Crippen molar-refractivity contribution >= 4 is 0 Å². The van der Waals surface area contributed by atoms with Gasteiger partial charge in [-0.3, -0.25) is 0 Å². The average Bonchev–Trinajstić information content (AvgIpc) is 2.46. The molecule has 1 aliphatic rings. The molecule has 0 aromatic carbocycles. The Kier molecular flexibility index (Phi) is 3.71. The van der Waals surface area contributed by atoms with Crippen molar-refractivity contribution in [1.82, 2.24) is 5.32 Å². The molecule has 0 aromatic heterocycles. The molecule has 3 N–H and O–H groups in total. The summed E-state index contributed by atoms with van der Waals surface area (Å²) in [4.78, 5) is 0. The van der Waals surface area contributed by atoms with Crippen molar-refractivity contribution in [2.24, 2.45) is 5.73 Å². The quantitative estimate of drug-likeness (QED) is 0.685. The van der Waals surface area contributed by atoms with Gasteiger partial charge in [0.2, 0.25) is 0 Å². The van der Waals surface area contributed by atoms with Crippen LogP contribution in [0.25, 0.3) is 0 Å². The number of hydrogen-bond donors (Lipinski definition) is 2. The second-order valence-corrected chi connectivity index (χ2v) is 4.68. The third-order valence-corrected chi connectivity index (χ3v) is 2.58. The highest BCUT2D eigenvalue weighted by molar-refractivity contribution is 4.86. The van der Waals surface area contributed by atoms with Gasteiger partial charge in [-0.1, -0.05) is 0 Å². The molecule has 13 heavy (non-hydrogen) atoms. The zero-order valence-electron chi connectivity index (χ0n) is 8.97. The Morgan fingerprint density at radius 2 is 2.15 bits per heavy atom. The van der Waals surface area contributed by atoms with E-state index >= 15 is 0 Å². The highest BCUT2D eigenvalue weighted by atomic mass is 16.5. The molecule has 1 aliphatic carbocycles. The van der Waals surface area contributed by atoms with E-state index in [9.17, 15) is 0 Å². The Bertz CT molecular complexity index is 153. The number of hydrogen-bond acceptors (Lipinski definition) is 3. The summed E-state index contributed by atoms with van der Waals surface area (Å²) in [5.41, 5.74) is 5.77. The lowest BCUT2D eigenvalue weighted by Gasteiger charge is -2.25. The molecular formula is C10H22N2O. The Morgan fingerprint density at radius 3 is 2.69 bits per heavy atom. The minimum Gasteiger partial charge on any atom is -0.380 e. The topological polar surface area (TPSA) is 47.3 Å². The summed E-state index contributed by atoms with van der Waals surface area (Å²) < 4.78 is 5.39. The van der Waals surface area contributed by atoms with Crippen molar-refractivity contribution in [2.45, 2.75) is 50.8 Å². The Balaban J connectivity index is 2.28. The number of nitrogens with one attached hydrogen (secondary N) is 1. The maximum atomic E-state index is 5.90. The SMILES string of the molecule is COC1CCCC1NCC(C)(C)N. The molecule has 0 amide bonds. The van der Waals surface area contributed by atoms with Gasteiger partial charge in [0.15, 0.2) is 0 Å². The lowest BCUT2D eigenvalue weighted by molar-refractivity contribution is 0.0837. The van der Waals surface area contributed by atoms with Gasteiger partial charge < -0.3 is 15.8 Å². The van der Waals surface area contributed by atoms with E-state index in [1.165, 1.54) is 19.3 Å². The molecule has 0 radical (unpaired) electrons. The van der Waals surface area contributed by atoms with Crippen LogP contribution in [0.2, 0.25) is 0 Å². The molecule has 0 aromatic rings. The number of ether oxygens (including phenoxy) is 1. The highest BCUT2D eigenvalue weighted by Gasteiger charge is 2.27. The molecule has 78 valence electrons. The van der Waals surface area contributed by atoms with Crippen LogP contribution in [0.5, 0.6) is 0 Å². The summed E-state index contributed by atoms with van der Waals surface area (Å²) in [6, 6.07) is 0.507. The smallest absolute Gasteiger partial charge is 0.0724 e. The number of rotatable bonds is 4. The standard InChI is InChI=1S/C10H22N2O/c1-10(2,11)7-12-8-5-4-6-9(8)13-3/h8-9,12H,4-7,11H2,1-3H3. The van der Waals surface area contributed by atoms with Gasteiger partial charge in [-0.15, -0.1) is 0 Å². The molecule has 2 atom stereocenters. The van der Waals surface area contributed by atoms with E-state index in [0.29, 0.717) is 12.1 Å². The van der Waals surface area contributed by atoms with Crippen LogP contribution in [-0.4, -0.2) is 31.3 Å². The third-order valence-electron chi connectivity index (χ3n) is 2.58. The maximum Gasteiger partial charge on any atom is 0.0724 e. The summed E-state index contributed by atoms with van der Waals surface area (Å²) in [5, 5.41) is 3.47. The molecule has 3 heteroatoms. The fourth-order valence-electron chi connectivity index (χ4n) is 1.84. The maximum absolute atomic E-state index is 5.90. The molecule has 0 aliphatic heterocycles. The largest absolute Gasteiger partial charge is 0.380 e. The molecular weight excluding hydrogens is 164 g/mol. The average molecular weight is 186 g/mol. The third kappa shape index (κ3) is 3.63. The number of methoxy groups -OCH3 is 1. The van der Waals surface area contributed by atoms with Crippen molar-refractivity contribution in [1.29, 1.82) is 0 Å². The fourth-order valence-corrected chi connectivity index (χ4v) is 1.84. The Labute approximate surface area is 81.0 Å². The minimum absolute atomic E-state index is 0.124. The van der Waals surface area contributed by atoms with E-state index in [1.54, 1.807) is 7.11 Å². The van der Waals surface area contributed by atoms with Crippen LogP contribution in [-0.2, 0) is 4.74 Å². The van der Waals surface area contributed by atoms with Crippen LogP contribution in [0, 0.1) is 0 Å². The second kappa shape index (κ2) is 4.40. The van der Waals surface area contributed by atoms with Gasteiger partial charge in [-0.05, 0) is 33.1 Å². The van der Waals surface area contributed by atoms with Crippen molar-refractivity contribution in [3.8, 4) is 0 Å². The first kappa shape index (κ1) is 11.0. The van der Waals surface area contributed by atoms with Gasteiger partial charge in [0.05, 0.1) is 6.10 Å². The lowest BCUT2D eigenvalue weighted by atomic mass is 10.1. The summed E-state index contributed by atoms with van der Waals surface area (Å²) in [7, 11) is 1.79. The zero-order valence-corrected chi connectivity index (χ0v) is 8.97. The van der Waals surface area contributed by atoms with Crippen LogP contribution < -0.4 is 11.1 Å². The summed E-state index contributed by atoms with van der Waals surface area (Å²) in [5.74, 6) is 0. The molecule has 2 unspecified atom stereocenters. The van der Waals surface area contributed by atoms with Gasteiger partial charge in [0.1, 0.15) is 0 Å². The predicted octanol–water partition coefficient (Wildman–Crippen LogP) is 0.881. The summed E-state index contributed by atoms with van der Waals surface area (Å²) >= 11 is 0. The highest BCUT2D eigenvalue weighted by Crippen LogP contribution is 2.21. The van der Waals surface area contributed by atoms with Crippen LogP contribution in [0.1, 0.15) is 33.1 Å². The van der Waals surface area contributed by atoms with E-state index in [0.717, 1.165) is 6.54 Å². The first-order valence-corrected chi connectivity index (χ1v) is 5.08. The molecule has 0 bridgehead atoms. The van der Waals surface area contributed by atoms with Crippen molar-refractivity contribution in [3.63, 3.8) is 0 Å². The van der Waals surface area contributed by atoms with Gasteiger partial charge in [-0.2, -0.15) is 0 Å². The fraction of sp³-hybridized carbons (Fsp3) is 1.00. The van der Waals surface area contributed by atoms with Gasteiger partial charge in [0, 0.05) is 25.2 Å². The van der Waals surface area contributed by atoms with E-state index in [-0.39, 0.29) is 5.54 Å². The zero-order chi connectivity index (χ0) is 9.90. The second-order valence-electron chi connectivity index (χ2n) is 4.68. The van der Waals surface area contributed by atoms with E-state index < -0.39 is 0 Å². The van der Waals surface area contributed by atoms with Crippen molar-refractivity contribution in [3.05, 3.63) is 0 Å². The van der Waals surface area contributed by atoms with E-state index in [4.69, 9.17) is 10.5 Å². The Hall–Kier alpha value is -0.120. The molecule has 3 nitrogen and oxygen atoms in total. The minimum atomic E-state index is -0.124. The van der Waals surface area contributed by atoms with E-state index in [2.05, 4.69) is 5.32 Å². The first-order chi connectivity index (χ1) is 6.03. The number of nitrogens with two attached hydrogens (primary N) is 1. The van der Waals surface area contributed by atoms with Crippen molar-refractivity contribution in [2.75, 3.05) is 13.7 Å². The van der Waals surface area contributed by atoms with Crippen LogP contribution in [0.4, 0.5) is 0 Å². The summed E-state index contributed by atoms with van der Waals surface area (Å²) in [6.45, 7) is 4.94. The molecule has 1 fully saturated rings. The molecule has 0 spiro atoms. The molecule has 1 rings (SSSR count). The normalized spacial score (nSPS) is 29.5. The van der Waals surface area contributed by atoms with Crippen LogP contribution >= 0.6 is 0 Å². The Morgan fingerprint density at radius 1 is 1.46 bits per heavy atom. The van der Waals surface area contributed by atoms with E-state index in [1.807, 2.05) is 13.8 Å². The van der Waals surface area contributed by atoms with Gasteiger partial charge in [-0.25, -0.2) is 0 Å². The lowest BCUT2D eigenvalue weighted by Crippen LogP contribution is -2.48. The van der Waals surface area contributed by atoms with Gasteiger partial charge >= 0.3 is 0 Å². The monoisotopic (exact) mass is 186 g/mol. The molecule has 0 saturated heterocycles. The van der Waals surface area contributed by atoms with Crippen molar-refractivity contribution < 1.29 is 4.74 Å². The molecule has 1 saturated carbocycles. The van der Waals surface area contributed by atoms with Crippen LogP contribution in [0.15, 0.2) is 0 Å². The van der Waals surface area contributed by atoms with Crippen LogP contribution in [0.3, 0.4) is 0 Å². The summed E-state index contributed by atoms with van der Waals surface area (Å²) in [6.07, 6.45) is 4.05. The van der Waals surface area contributed by atoms with Gasteiger partial charge in [0.25, 0.3) is 0 Å². The predicted molar refractivity (Wildman–Crippen MR) is 54.7 cm³/mol. The molecule has 0 heterocycles.